The molecule has 0 radical (unpaired) electrons. The molecule has 7 heteroatoms. The Bertz CT molecular complexity index is 1060. The van der Waals surface area contributed by atoms with E-state index in [9.17, 15) is 14.7 Å². The highest BCUT2D eigenvalue weighted by Gasteiger charge is 2.46. The number of ketones is 1. The molecule has 6 nitrogen and oxygen atoms in total. The molecule has 0 aromatic heterocycles. The van der Waals surface area contributed by atoms with Gasteiger partial charge in [0.05, 0.1) is 25.3 Å². The van der Waals surface area contributed by atoms with Crippen LogP contribution < -0.4 is 4.74 Å². The summed E-state index contributed by atoms with van der Waals surface area (Å²) >= 11 is 6.05. The molecule has 1 unspecified atom stereocenters. The lowest BCUT2D eigenvalue weighted by atomic mass is 9.91. The van der Waals surface area contributed by atoms with Crippen LogP contribution in [0.4, 0.5) is 0 Å². The molecule has 2 aromatic rings. The van der Waals surface area contributed by atoms with E-state index in [1.54, 1.807) is 31.4 Å². The van der Waals surface area contributed by atoms with Crippen LogP contribution in [0.15, 0.2) is 42.0 Å². The van der Waals surface area contributed by atoms with Crippen LogP contribution in [0.3, 0.4) is 0 Å². The van der Waals surface area contributed by atoms with Crippen molar-refractivity contribution in [2.24, 2.45) is 0 Å². The van der Waals surface area contributed by atoms with Gasteiger partial charge in [-0.3, -0.25) is 9.59 Å². The molecule has 1 saturated heterocycles. The van der Waals surface area contributed by atoms with Crippen molar-refractivity contribution >= 4 is 29.1 Å². The molecule has 1 aliphatic heterocycles. The fraction of sp³-hybridized carbons (Fsp3) is 0.360. The number of amides is 1. The topological polar surface area (TPSA) is 76.1 Å². The van der Waals surface area contributed by atoms with E-state index in [0.29, 0.717) is 21.9 Å². The number of Topliss-reactive ketones (excluding diaryl/α,β-unsaturated/α-hetero) is 1. The van der Waals surface area contributed by atoms with E-state index in [-0.39, 0.29) is 30.4 Å². The molecule has 1 aliphatic rings. The molecule has 0 aliphatic carbocycles. The average Bonchev–Trinajstić information content (AvgIpc) is 3.02. The van der Waals surface area contributed by atoms with E-state index in [1.807, 2.05) is 32.9 Å². The van der Waals surface area contributed by atoms with Crippen LogP contribution in [0.1, 0.15) is 48.1 Å². The molecule has 1 atom stereocenters. The highest BCUT2D eigenvalue weighted by molar-refractivity contribution is 6.46. The Balaban J connectivity index is 2.24. The van der Waals surface area contributed by atoms with Gasteiger partial charge in [0.1, 0.15) is 11.5 Å². The first-order valence-electron chi connectivity index (χ1n) is 10.4. The summed E-state index contributed by atoms with van der Waals surface area (Å²) in [6, 6.07) is 9.83. The highest BCUT2D eigenvalue weighted by atomic mass is 35.5. The first-order valence-corrected chi connectivity index (χ1v) is 10.8. The van der Waals surface area contributed by atoms with E-state index in [2.05, 4.69) is 0 Å². The summed E-state index contributed by atoms with van der Waals surface area (Å²) in [6.07, 6.45) is 0. The van der Waals surface area contributed by atoms with E-state index in [1.165, 1.54) is 12.0 Å². The van der Waals surface area contributed by atoms with E-state index in [0.717, 1.165) is 11.1 Å². The number of carbonyl (C=O) groups is 2. The van der Waals surface area contributed by atoms with Gasteiger partial charge in [-0.25, -0.2) is 0 Å². The van der Waals surface area contributed by atoms with Crippen molar-refractivity contribution in [2.75, 3.05) is 27.4 Å². The van der Waals surface area contributed by atoms with Gasteiger partial charge in [0.15, 0.2) is 0 Å². The van der Waals surface area contributed by atoms with Crippen LogP contribution in [0.5, 0.6) is 5.75 Å². The summed E-state index contributed by atoms with van der Waals surface area (Å²) in [7, 11) is 3.13. The van der Waals surface area contributed by atoms with E-state index in [4.69, 9.17) is 21.1 Å². The number of rotatable bonds is 7. The van der Waals surface area contributed by atoms with Crippen molar-refractivity contribution in [1.82, 2.24) is 4.90 Å². The SMILES string of the molecule is COCCN1C(=O)C(=O)/C(=C(/O)c2cc(C(C)C)c(OC)cc2C)C1c1ccc(Cl)cc1. The van der Waals surface area contributed by atoms with Crippen molar-refractivity contribution in [2.45, 2.75) is 32.7 Å². The number of carbonyl (C=O) groups excluding carboxylic acids is 2. The molecule has 0 saturated carbocycles. The Hall–Kier alpha value is -2.83. The molecule has 170 valence electrons. The van der Waals surface area contributed by atoms with Crippen LogP contribution in [-0.4, -0.2) is 49.1 Å². The number of ether oxygens (including phenoxy) is 2. The molecular weight excluding hydrogens is 430 g/mol. The summed E-state index contributed by atoms with van der Waals surface area (Å²) in [6.45, 7) is 6.35. The third kappa shape index (κ3) is 4.38. The molecule has 0 spiro atoms. The van der Waals surface area contributed by atoms with Gasteiger partial charge in [-0.2, -0.15) is 0 Å². The lowest BCUT2D eigenvalue weighted by Gasteiger charge is -2.25. The number of likely N-dealkylation sites (tertiary alicyclic amines) is 1. The maximum atomic E-state index is 13.1. The zero-order valence-electron chi connectivity index (χ0n) is 18.9. The Morgan fingerprint density at radius 3 is 2.38 bits per heavy atom. The molecule has 1 heterocycles. The maximum Gasteiger partial charge on any atom is 0.295 e. The summed E-state index contributed by atoms with van der Waals surface area (Å²) in [4.78, 5) is 27.4. The van der Waals surface area contributed by atoms with Crippen molar-refractivity contribution in [3.8, 4) is 5.75 Å². The first kappa shape index (κ1) is 23.8. The lowest BCUT2D eigenvalue weighted by Crippen LogP contribution is -2.32. The second kappa shape index (κ2) is 9.76. The molecule has 32 heavy (non-hydrogen) atoms. The predicted octanol–water partition coefficient (Wildman–Crippen LogP) is 4.85. The minimum Gasteiger partial charge on any atom is -0.507 e. The zero-order chi connectivity index (χ0) is 23.6. The third-order valence-corrected chi connectivity index (χ3v) is 5.97. The highest BCUT2D eigenvalue weighted by Crippen LogP contribution is 2.41. The number of aliphatic hydroxyl groups is 1. The molecule has 3 rings (SSSR count). The van der Waals surface area contributed by atoms with Crippen LogP contribution >= 0.6 is 11.6 Å². The van der Waals surface area contributed by atoms with Crippen molar-refractivity contribution in [3.05, 3.63) is 69.2 Å². The number of methoxy groups -OCH3 is 2. The number of hydrogen-bond donors (Lipinski definition) is 1. The van der Waals surface area contributed by atoms with Gasteiger partial charge in [0.2, 0.25) is 0 Å². The minimum absolute atomic E-state index is 0.0522. The smallest absolute Gasteiger partial charge is 0.295 e. The van der Waals surface area contributed by atoms with Crippen LogP contribution in [0.25, 0.3) is 5.76 Å². The number of nitrogens with zero attached hydrogens (tertiary/aromatic N) is 1. The van der Waals surface area contributed by atoms with Crippen molar-refractivity contribution < 1.29 is 24.2 Å². The standard InChI is InChI=1S/C25H28ClNO5/c1-14(2)18-13-19(15(3)12-20(18)32-5)23(28)21-22(16-6-8-17(26)9-7-16)27(10-11-31-4)25(30)24(21)29/h6-9,12-14,22,28H,10-11H2,1-5H3/b23-21+. The summed E-state index contributed by atoms with van der Waals surface area (Å²) in [5, 5.41) is 11.9. The largest absolute Gasteiger partial charge is 0.507 e. The summed E-state index contributed by atoms with van der Waals surface area (Å²) in [5.41, 5.74) is 2.87. The first-order chi connectivity index (χ1) is 15.2. The summed E-state index contributed by atoms with van der Waals surface area (Å²) in [5.74, 6) is -0.749. The van der Waals surface area contributed by atoms with Crippen LogP contribution in [0.2, 0.25) is 5.02 Å². The number of hydrogen-bond acceptors (Lipinski definition) is 5. The molecule has 0 bridgehead atoms. The number of benzene rings is 2. The van der Waals surface area contributed by atoms with Crippen LogP contribution in [0, 0.1) is 6.92 Å². The third-order valence-electron chi connectivity index (χ3n) is 5.72. The van der Waals surface area contributed by atoms with E-state index >= 15 is 0 Å². The Labute approximate surface area is 193 Å². The van der Waals surface area contributed by atoms with Crippen LogP contribution in [-0.2, 0) is 14.3 Å². The van der Waals surface area contributed by atoms with Gasteiger partial charge in [-0.1, -0.05) is 37.6 Å². The monoisotopic (exact) mass is 457 g/mol. The van der Waals surface area contributed by atoms with Gasteiger partial charge in [-0.05, 0) is 53.8 Å². The summed E-state index contributed by atoms with van der Waals surface area (Å²) < 4.78 is 10.6. The fourth-order valence-corrected chi connectivity index (χ4v) is 4.14. The molecular formula is C25H28ClNO5. The normalized spacial score (nSPS) is 18.0. The minimum atomic E-state index is -0.744. The second-order valence-electron chi connectivity index (χ2n) is 8.10. The molecule has 1 amide bonds. The number of halogens is 1. The van der Waals surface area contributed by atoms with E-state index < -0.39 is 17.7 Å². The van der Waals surface area contributed by atoms with Gasteiger partial charge < -0.3 is 19.5 Å². The average molecular weight is 458 g/mol. The Kier molecular flexibility index (Phi) is 7.26. The Morgan fingerprint density at radius 1 is 1.16 bits per heavy atom. The molecule has 1 N–H and O–H groups in total. The van der Waals surface area contributed by atoms with Gasteiger partial charge >= 0.3 is 0 Å². The quantitative estimate of drug-likeness (QED) is 0.365. The predicted molar refractivity (Wildman–Crippen MR) is 124 cm³/mol. The fourth-order valence-electron chi connectivity index (χ4n) is 4.02. The van der Waals surface area contributed by atoms with Crippen molar-refractivity contribution in [3.63, 3.8) is 0 Å². The van der Waals surface area contributed by atoms with Gasteiger partial charge in [-0.15, -0.1) is 0 Å². The maximum absolute atomic E-state index is 13.1. The molecule has 1 fully saturated rings. The van der Waals surface area contributed by atoms with Crippen molar-refractivity contribution in [1.29, 1.82) is 0 Å². The van der Waals surface area contributed by atoms with Gasteiger partial charge in [0, 0.05) is 24.2 Å². The van der Waals surface area contributed by atoms with Gasteiger partial charge in [0.25, 0.3) is 11.7 Å². The number of aryl methyl sites for hydroxylation is 1. The zero-order valence-corrected chi connectivity index (χ0v) is 19.7. The number of aliphatic hydroxyl groups excluding tert-OH is 1. The second-order valence-corrected chi connectivity index (χ2v) is 8.54. The Morgan fingerprint density at radius 2 is 1.81 bits per heavy atom. The lowest BCUT2D eigenvalue weighted by molar-refractivity contribution is -0.140. The molecule has 2 aromatic carbocycles.